The molecule has 37 heavy (non-hydrogen) atoms. The van der Waals surface area contributed by atoms with Crippen LogP contribution in [0, 0.1) is 13.8 Å². The van der Waals surface area contributed by atoms with Gasteiger partial charge in [0.1, 0.15) is 17.4 Å². The number of esters is 1. The van der Waals surface area contributed by atoms with E-state index >= 15 is 0 Å². The Labute approximate surface area is 212 Å². The maximum absolute atomic E-state index is 13.6. The molecule has 5 rings (SSSR count). The number of carbonyl (C=O) groups excluding carboxylic acids is 3. The molecule has 3 aromatic carbocycles. The maximum Gasteiger partial charge on any atom is 0.334 e. The maximum atomic E-state index is 13.6. The van der Waals surface area contributed by atoms with E-state index in [0.29, 0.717) is 16.9 Å². The molecule has 0 bridgehead atoms. The summed E-state index contributed by atoms with van der Waals surface area (Å²) in [7, 11) is 1.53. The van der Waals surface area contributed by atoms with E-state index in [9.17, 15) is 19.2 Å². The molecular weight excluding hydrogens is 474 g/mol. The van der Waals surface area contributed by atoms with Gasteiger partial charge in [0.25, 0.3) is 11.8 Å². The summed E-state index contributed by atoms with van der Waals surface area (Å²) in [6.07, 6.45) is 0. The summed E-state index contributed by atoms with van der Waals surface area (Å²) in [6.45, 7) is 5.05. The number of carbonyl (C=O) groups is 3. The number of methoxy groups -OCH3 is 1. The zero-order valence-electron chi connectivity index (χ0n) is 20.7. The van der Waals surface area contributed by atoms with Crippen molar-refractivity contribution in [3.8, 4) is 22.8 Å². The van der Waals surface area contributed by atoms with Gasteiger partial charge in [0.15, 0.2) is 5.76 Å². The van der Waals surface area contributed by atoms with Crippen molar-refractivity contribution in [3.63, 3.8) is 0 Å². The van der Waals surface area contributed by atoms with Crippen molar-refractivity contribution in [2.24, 2.45) is 0 Å². The molecule has 186 valence electrons. The number of benzene rings is 3. The quantitative estimate of drug-likeness (QED) is 0.291. The van der Waals surface area contributed by atoms with Gasteiger partial charge in [-0.3, -0.25) is 19.3 Å². The van der Waals surface area contributed by atoms with Crippen LogP contribution in [0.15, 0.2) is 69.9 Å². The van der Waals surface area contributed by atoms with E-state index in [4.69, 9.17) is 13.9 Å². The van der Waals surface area contributed by atoms with Gasteiger partial charge in [0.2, 0.25) is 11.2 Å². The predicted octanol–water partition coefficient (Wildman–Crippen LogP) is 4.68. The molecule has 4 aromatic rings. The van der Waals surface area contributed by atoms with Crippen LogP contribution in [0.4, 0.5) is 0 Å². The van der Waals surface area contributed by atoms with Gasteiger partial charge in [0.05, 0.1) is 23.6 Å². The molecule has 0 fully saturated rings. The van der Waals surface area contributed by atoms with Gasteiger partial charge >= 0.3 is 5.97 Å². The number of nitrogens with zero attached hydrogens (tertiary/aromatic N) is 1. The lowest BCUT2D eigenvalue weighted by Gasteiger charge is -2.21. The first kappa shape index (κ1) is 24.0. The third-order valence-electron chi connectivity index (χ3n) is 6.39. The smallest absolute Gasteiger partial charge is 0.334 e. The normalized spacial score (nSPS) is 13.6. The number of rotatable bonds is 5. The van der Waals surface area contributed by atoms with Crippen molar-refractivity contribution in [2.45, 2.75) is 26.8 Å². The number of amides is 2. The molecule has 2 amide bonds. The Morgan fingerprint density at radius 1 is 0.919 bits per heavy atom. The van der Waals surface area contributed by atoms with Gasteiger partial charge in [-0.15, -0.1) is 0 Å². The first-order valence-electron chi connectivity index (χ1n) is 11.6. The van der Waals surface area contributed by atoms with Crippen LogP contribution in [0.1, 0.15) is 38.8 Å². The van der Waals surface area contributed by atoms with E-state index < -0.39 is 29.3 Å². The Bertz CT molecular complexity index is 1610. The van der Waals surface area contributed by atoms with Crippen molar-refractivity contribution in [1.29, 1.82) is 0 Å². The number of ether oxygens (including phenoxy) is 2. The summed E-state index contributed by atoms with van der Waals surface area (Å²) in [4.78, 5) is 53.5. The molecule has 0 saturated carbocycles. The average molecular weight is 498 g/mol. The topological polar surface area (TPSA) is 103 Å². The van der Waals surface area contributed by atoms with E-state index in [2.05, 4.69) is 0 Å². The lowest BCUT2D eigenvalue weighted by molar-refractivity contribution is -0.138. The monoisotopic (exact) mass is 497 g/mol. The van der Waals surface area contributed by atoms with E-state index in [1.54, 1.807) is 42.5 Å². The molecule has 0 N–H and O–H groups in total. The van der Waals surface area contributed by atoms with Crippen molar-refractivity contribution in [2.75, 3.05) is 7.11 Å². The van der Waals surface area contributed by atoms with E-state index in [-0.39, 0.29) is 28.0 Å². The molecule has 8 heteroatoms. The second-order valence-corrected chi connectivity index (χ2v) is 8.90. The molecule has 1 aromatic heterocycles. The lowest BCUT2D eigenvalue weighted by atomic mass is 10.1. The van der Waals surface area contributed by atoms with Crippen LogP contribution >= 0.6 is 0 Å². The van der Waals surface area contributed by atoms with Crippen molar-refractivity contribution >= 4 is 28.8 Å². The van der Waals surface area contributed by atoms with E-state index in [0.717, 1.165) is 16.0 Å². The highest BCUT2D eigenvalue weighted by molar-refractivity contribution is 6.22. The molecular formula is C29H23NO7. The molecule has 1 aliphatic rings. The molecule has 0 aliphatic carbocycles. The van der Waals surface area contributed by atoms with Gasteiger partial charge in [0, 0.05) is 5.56 Å². The lowest BCUT2D eigenvalue weighted by Crippen LogP contribution is -2.45. The first-order valence-corrected chi connectivity index (χ1v) is 11.6. The molecule has 2 heterocycles. The van der Waals surface area contributed by atoms with Crippen LogP contribution in [0.5, 0.6) is 11.5 Å². The summed E-state index contributed by atoms with van der Waals surface area (Å²) < 4.78 is 17.0. The van der Waals surface area contributed by atoms with E-state index in [1.807, 2.05) is 19.9 Å². The van der Waals surface area contributed by atoms with Crippen LogP contribution in [0.2, 0.25) is 0 Å². The minimum absolute atomic E-state index is 0.0509. The molecule has 1 atom stereocenters. The van der Waals surface area contributed by atoms with Crippen LogP contribution in [0.25, 0.3) is 22.3 Å². The number of fused-ring (bicyclic) bond motifs is 2. The van der Waals surface area contributed by atoms with Crippen molar-refractivity contribution < 1.29 is 28.3 Å². The minimum Gasteiger partial charge on any atom is -0.497 e. The third kappa shape index (κ3) is 3.96. The largest absolute Gasteiger partial charge is 0.497 e. The fourth-order valence-electron chi connectivity index (χ4n) is 4.51. The van der Waals surface area contributed by atoms with Crippen LogP contribution in [0.3, 0.4) is 0 Å². The van der Waals surface area contributed by atoms with Gasteiger partial charge in [-0.05, 0) is 74.4 Å². The van der Waals surface area contributed by atoms with Crippen LogP contribution in [-0.4, -0.2) is 35.8 Å². The summed E-state index contributed by atoms with van der Waals surface area (Å²) in [6, 6.07) is 15.3. The van der Waals surface area contributed by atoms with Gasteiger partial charge < -0.3 is 13.9 Å². The highest BCUT2D eigenvalue weighted by Gasteiger charge is 2.41. The zero-order chi connectivity index (χ0) is 26.4. The Kier molecular flexibility index (Phi) is 5.87. The zero-order valence-corrected chi connectivity index (χ0v) is 20.7. The third-order valence-corrected chi connectivity index (χ3v) is 6.39. The number of hydrogen-bond donors (Lipinski definition) is 0. The summed E-state index contributed by atoms with van der Waals surface area (Å²) in [5, 5.41) is 0.256. The Morgan fingerprint density at radius 2 is 1.54 bits per heavy atom. The van der Waals surface area contributed by atoms with Crippen molar-refractivity contribution in [1.82, 2.24) is 4.90 Å². The predicted molar refractivity (Wildman–Crippen MR) is 136 cm³/mol. The van der Waals surface area contributed by atoms with Gasteiger partial charge in [-0.25, -0.2) is 4.79 Å². The molecule has 0 spiro atoms. The SMILES string of the molecule is COc1ccc(-c2oc3c(C)cc(C)cc3c(=O)c2OC(=O)[C@H](C)N2C(=O)c3ccccc3C2=O)cc1. The number of hydrogen-bond acceptors (Lipinski definition) is 7. The molecule has 0 radical (unpaired) electrons. The fourth-order valence-corrected chi connectivity index (χ4v) is 4.51. The van der Waals surface area contributed by atoms with Crippen LogP contribution < -0.4 is 14.9 Å². The highest BCUT2D eigenvalue weighted by Crippen LogP contribution is 2.34. The number of imide groups is 1. The summed E-state index contributed by atoms with van der Waals surface area (Å²) >= 11 is 0. The van der Waals surface area contributed by atoms with Crippen LogP contribution in [-0.2, 0) is 4.79 Å². The second-order valence-electron chi connectivity index (χ2n) is 8.90. The minimum atomic E-state index is -1.29. The van der Waals surface area contributed by atoms with E-state index in [1.165, 1.54) is 26.2 Å². The fraction of sp³-hybridized carbons (Fsp3) is 0.172. The Balaban J connectivity index is 1.59. The Morgan fingerprint density at radius 3 is 2.14 bits per heavy atom. The summed E-state index contributed by atoms with van der Waals surface area (Å²) in [5.41, 5.74) is 2.32. The first-order chi connectivity index (χ1) is 17.7. The molecule has 8 nitrogen and oxygen atoms in total. The Hall–Kier alpha value is -4.72. The molecule has 0 unspecified atom stereocenters. The number of aryl methyl sites for hydroxylation is 2. The van der Waals surface area contributed by atoms with Gasteiger partial charge in [-0.2, -0.15) is 0 Å². The highest BCUT2D eigenvalue weighted by atomic mass is 16.5. The van der Waals surface area contributed by atoms with Gasteiger partial charge in [-0.1, -0.05) is 18.2 Å². The molecule has 0 saturated heterocycles. The second kappa shape index (κ2) is 9.05. The molecule has 1 aliphatic heterocycles. The average Bonchev–Trinajstić information content (AvgIpc) is 3.15. The standard InChI is InChI=1S/C29H23NO7/c1-15-13-16(2)24-22(14-15)23(31)26(25(36-24)18-9-11-19(35-4)12-10-18)37-29(34)17(3)30-27(32)20-7-5-6-8-21(20)28(30)33/h5-14,17H,1-4H3/t17-/m0/s1. The summed E-state index contributed by atoms with van der Waals surface area (Å²) in [5.74, 6) is -1.82. The van der Waals surface area contributed by atoms with Crippen molar-refractivity contribution in [3.05, 3.63) is 93.1 Å².